The van der Waals surface area contributed by atoms with Gasteiger partial charge in [0.15, 0.2) is 0 Å². The Balaban J connectivity index is -0.0000000261. The second-order valence-electron chi connectivity index (χ2n) is 2.63. The van der Waals surface area contributed by atoms with Crippen LogP contribution in [0, 0.1) is 0 Å². The van der Waals surface area contributed by atoms with Crippen LogP contribution in [0.5, 0.6) is 0 Å². The van der Waals surface area contributed by atoms with E-state index in [1.54, 1.807) is 0 Å². The lowest BCUT2D eigenvalue weighted by Crippen LogP contribution is -1.81. The normalized spacial score (nSPS) is 6.00. The Morgan fingerprint density at radius 1 is 0.722 bits per heavy atom. The third kappa shape index (κ3) is 9140. The Kier molecular flexibility index (Phi) is 90.0. The minimum absolute atomic E-state index is 0. The van der Waals surface area contributed by atoms with Gasteiger partial charge in [-0.2, -0.15) is 0 Å². The zero-order valence-electron chi connectivity index (χ0n) is 10.4. The second-order valence-corrected chi connectivity index (χ2v) is 2.63. The van der Waals surface area contributed by atoms with E-state index in [1.165, 1.54) is 25.7 Å². The molecule has 0 aromatic rings. The summed E-state index contributed by atoms with van der Waals surface area (Å²) in [5.41, 5.74) is 0. The summed E-state index contributed by atoms with van der Waals surface area (Å²) in [7, 11) is 0. The fourth-order valence-electron chi connectivity index (χ4n) is 0.354. The Morgan fingerprint density at radius 2 is 0.833 bits per heavy atom. The molecule has 0 saturated carbocycles. The SMILES string of the molecule is C.C.CCC.CCCCC.O=C(O)O.O=C(O)O. The molecule has 0 aliphatic rings. The summed E-state index contributed by atoms with van der Waals surface area (Å²) >= 11 is 0. The highest BCUT2D eigenvalue weighted by molar-refractivity contribution is 5.53. The molecular formula is C12H32O6. The van der Waals surface area contributed by atoms with Crippen LogP contribution in [0.4, 0.5) is 9.59 Å². The van der Waals surface area contributed by atoms with Gasteiger partial charge in [0, 0.05) is 0 Å². The van der Waals surface area contributed by atoms with Crippen molar-refractivity contribution < 1.29 is 30.0 Å². The van der Waals surface area contributed by atoms with Crippen LogP contribution in [-0.4, -0.2) is 32.7 Å². The topological polar surface area (TPSA) is 115 Å². The highest BCUT2D eigenvalue weighted by atomic mass is 16.6. The van der Waals surface area contributed by atoms with E-state index in [2.05, 4.69) is 27.7 Å². The molecule has 0 aliphatic heterocycles. The van der Waals surface area contributed by atoms with Crippen molar-refractivity contribution in [2.45, 2.75) is 68.2 Å². The van der Waals surface area contributed by atoms with Crippen molar-refractivity contribution in [2.24, 2.45) is 0 Å². The molecule has 0 saturated heterocycles. The molecule has 0 amide bonds. The zero-order chi connectivity index (χ0) is 14.0. The Bertz CT molecular complexity index is 115. The summed E-state index contributed by atoms with van der Waals surface area (Å²) < 4.78 is 0. The maximum absolute atomic E-state index is 8.56. The lowest BCUT2D eigenvalue weighted by molar-refractivity contribution is 0.135. The molecule has 0 unspecified atom stereocenters. The first kappa shape index (κ1) is 36.0. The van der Waals surface area contributed by atoms with Gasteiger partial charge in [-0.25, -0.2) is 9.59 Å². The van der Waals surface area contributed by atoms with Crippen molar-refractivity contribution in [3.63, 3.8) is 0 Å². The molecule has 0 bridgehead atoms. The van der Waals surface area contributed by atoms with Crippen LogP contribution in [0.1, 0.15) is 68.2 Å². The summed E-state index contributed by atoms with van der Waals surface area (Å²) in [5.74, 6) is 0. The van der Waals surface area contributed by atoms with Crippen molar-refractivity contribution >= 4 is 12.3 Å². The minimum Gasteiger partial charge on any atom is -0.450 e. The molecular weight excluding hydrogens is 240 g/mol. The van der Waals surface area contributed by atoms with E-state index in [0.717, 1.165) is 0 Å². The molecule has 0 aromatic heterocycles. The maximum atomic E-state index is 8.56. The fourth-order valence-corrected chi connectivity index (χ4v) is 0.354. The van der Waals surface area contributed by atoms with E-state index in [1.807, 2.05) is 0 Å². The summed E-state index contributed by atoms with van der Waals surface area (Å²) in [5, 5.41) is 27.9. The third-order valence-corrected chi connectivity index (χ3v) is 0.707. The second kappa shape index (κ2) is 45.0. The summed E-state index contributed by atoms with van der Waals surface area (Å²) in [6.45, 7) is 8.67. The molecule has 6 heteroatoms. The Morgan fingerprint density at radius 3 is 0.833 bits per heavy atom. The average Bonchev–Trinajstić information content (AvgIpc) is 2.04. The first-order valence-electron chi connectivity index (χ1n) is 5.13. The van der Waals surface area contributed by atoms with Crippen LogP contribution in [0.25, 0.3) is 0 Å². The Hall–Kier alpha value is -1.46. The molecule has 0 heterocycles. The van der Waals surface area contributed by atoms with Crippen LogP contribution in [0.2, 0.25) is 0 Å². The van der Waals surface area contributed by atoms with E-state index < -0.39 is 12.3 Å². The van der Waals surface area contributed by atoms with Gasteiger partial charge in [-0.15, -0.1) is 0 Å². The predicted octanol–water partition coefficient (Wildman–Crippen LogP) is 5.33. The molecule has 6 nitrogen and oxygen atoms in total. The summed E-state index contributed by atoms with van der Waals surface area (Å²) in [6, 6.07) is 0. The van der Waals surface area contributed by atoms with Gasteiger partial charge in [0.05, 0.1) is 0 Å². The predicted molar refractivity (Wildman–Crippen MR) is 75.9 cm³/mol. The van der Waals surface area contributed by atoms with E-state index >= 15 is 0 Å². The van der Waals surface area contributed by atoms with E-state index in [-0.39, 0.29) is 14.9 Å². The van der Waals surface area contributed by atoms with Crippen molar-refractivity contribution in [3.8, 4) is 0 Å². The van der Waals surface area contributed by atoms with Crippen LogP contribution in [-0.2, 0) is 0 Å². The van der Waals surface area contributed by atoms with Gasteiger partial charge in [-0.05, 0) is 0 Å². The smallest absolute Gasteiger partial charge is 0.450 e. The van der Waals surface area contributed by atoms with Crippen LogP contribution in [0.3, 0.4) is 0 Å². The average molecular weight is 272 g/mol. The molecule has 4 N–H and O–H groups in total. The first-order valence-corrected chi connectivity index (χ1v) is 5.13. The molecule has 0 radical (unpaired) electrons. The first-order chi connectivity index (χ1) is 7.29. The van der Waals surface area contributed by atoms with Gasteiger partial charge in [0.25, 0.3) is 0 Å². The largest absolute Gasteiger partial charge is 0.503 e. The number of rotatable bonds is 2. The van der Waals surface area contributed by atoms with Crippen molar-refractivity contribution in [1.82, 2.24) is 0 Å². The van der Waals surface area contributed by atoms with E-state index in [4.69, 9.17) is 30.0 Å². The Labute approximate surface area is 111 Å². The van der Waals surface area contributed by atoms with Gasteiger partial charge >= 0.3 is 12.3 Å². The number of carboxylic acid groups (broad SMARTS) is 4. The molecule has 0 atom stereocenters. The quantitative estimate of drug-likeness (QED) is 0.540. The van der Waals surface area contributed by atoms with Gasteiger partial charge < -0.3 is 20.4 Å². The fraction of sp³-hybridized carbons (Fsp3) is 0.833. The third-order valence-electron chi connectivity index (χ3n) is 0.707. The zero-order valence-corrected chi connectivity index (χ0v) is 10.4. The van der Waals surface area contributed by atoms with Crippen molar-refractivity contribution in [2.75, 3.05) is 0 Å². The van der Waals surface area contributed by atoms with Crippen LogP contribution < -0.4 is 0 Å². The summed E-state index contributed by atoms with van der Waals surface area (Å²) in [6.07, 6.45) is 1.66. The molecule has 0 fully saturated rings. The van der Waals surface area contributed by atoms with E-state index in [0.29, 0.717) is 0 Å². The summed E-state index contributed by atoms with van der Waals surface area (Å²) in [4.78, 5) is 17.1. The number of carbonyl (C=O) groups is 2. The van der Waals surface area contributed by atoms with Gasteiger partial charge in [-0.1, -0.05) is 68.2 Å². The molecule has 18 heavy (non-hydrogen) atoms. The van der Waals surface area contributed by atoms with Gasteiger partial charge in [0.2, 0.25) is 0 Å². The highest BCUT2D eigenvalue weighted by Crippen LogP contribution is 1.88. The number of unbranched alkanes of at least 4 members (excludes halogenated alkanes) is 2. The monoisotopic (exact) mass is 272 g/mol. The highest BCUT2D eigenvalue weighted by Gasteiger charge is 1.70. The van der Waals surface area contributed by atoms with Gasteiger partial charge in [0.1, 0.15) is 0 Å². The lowest BCUT2D eigenvalue weighted by atomic mass is 10.3. The van der Waals surface area contributed by atoms with Crippen molar-refractivity contribution in [3.05, 3.63) is 0 Å². The van der Waals surface area contributed by atoms with E-state index in [9.17, 15) is 0 Å². The standard InChI is InChI=1S/C5H12.C3H8.2CH2O3.2CH4/c1-3-5-4-2;1-3-2;2*2-1(3)4;;/h3-5H2,1-2H3;3H2,1-2H3;2*(H2,2,3,4);2*1H4. The number of hydrogen-bond donors (Lipinski definition) is 4. The molecule has 0 rings (SSSR count). The number of hydrogen-bond acceptors (Lipinski definition) is 2. The molecule has 0 spiro atoms. The maximum Gasteiger partial charge on any atom is 0.503 e. The molecule has 116 valence electrons. The lowest BCUT2D eigenvalue weighted by Gasteiger charge is -1.79. The van der Waals surface area contributed by atoms with Crippen LogP contribution in [0.15, 0.2) is 0 Å². The molecule has 0 aliphatic carbocycles. The van der Waals surface area contributed by atoms with Crippen LogP contribution >= 0.6 is 0 Å². The van der Waals surface area contributed by atoms with Crippen molar-refractivity contribution in [1.29, 1.82) is 0 Å². The van der Waals surface area contributed by atoms with Gasteiger partial charge in [-0.3, -0.25) is 0 Å². The minimum atomic E-state index is -1.83. The molecule has 0 aromatic carbocycles.